The molecule has 0 aliphatic heterocycles. The van der Waals surface area contributed by atoms with Crippen LogP contribution in [-0.4, -0.2) is 31.0 Å². The summed E-state index contributed by atoms with van der Waals surface area (Å²) < 4.78 is 4.73. The molecule has 0 aromatic carbocycles. The van der Waals surface area contributed by atoms with Crippen molar-refractivity contribution >= 4 is 5.91 Å². The van der Waals surface area contributed by atoms with Crippen molar-refractivity contribution in [1.82, 2.24) is 5.32 Å². The second-order valence-electron chi connectivity index (χ2n) is 1.52. The molecular formula is C6H11NO3. The molecule has 0 aliphatic rings. The van der Waals surface area contributed by atoms with Crippen LogP contribution in [0.15, 0.2) is 12.7 Å². The minimum Gasteiger partial charge on any atom is -0.394 e. The van der Waals surface area contributed by atoms with Crippen molar-refractivity contribution < 1.29 is 14.6 Å². The van der Waals surface area contributed by atoms with E-state index < -0.39 is 0 Å². The van der Waals surface area contributed by atoms with E-state index in [-0.39, 0.29) is 25.9 Å². The number of ether oxygens (including phenoxy) is 1. The summed E-state index contributed by atoms with van der Waals surface area (Å²) in [5, 5.41) is 10.6. The highest BCUT2D eigenvalue weighted by Crippen LogP contribution is 1.70. The predicted molar refractivity (Wildman–Crippen MR) is 36.2 cm³/mol. The standard InChI is InChI=1S/C6H11NO3/c1-2-6(9)7-5-10-4-3-8/h2,8H,1,3-5H2,(H,7,9). The van der Waals surface area contributed by atoms with Gasteiger partial charge in [-0.3, -0.25) is 4.79 Å². The zero-order chi connectivity index (χ0) is 7.82. The monoisotopic (exact) mass is 145 g/mol. The third kappa shape index (κ3) is 5.27. The Kier molecular flexibility index (Phi) is 5.71. The topological polar surface area (TPSA) is 58.6 Å². The van der Waals surface area contributed by atoms with E-state index in [0.717, 1.165) is 6.08 Å². The summed E-state index contributed by atoms with van der Waals surface area (Å²) >= 11 is 0. The van der Waals surface area contributed by atoms with Crippen molar-refractivity contribution in [2.75, 3.05) is 19.9 Å². The number of amides is 1. The molecule has 10 heavy (non-hydrogen) atoms. The summed E-state index contributed by atoms with van der Waals surface area (Å²) in [5.41, 5.74) is 0. The lowest BCUT2D eigenvalue weighted by Gasteiger charge is -2.01. The number of hydrogen-bond acceptors (Lipinski definition) is 3. The molecule has 0 saturated heterocycles. The predicted octanol–water partition coefficient (Wildman–Crippen LogP) is -0.745. The minimum atomic E-state index is -0.280. The van der Waals surface area contributed by atoms with Crippen LogP contribution >= 0.6 is 0 Å². The third-order valence-corrected chi connectivity index (χ3v) is 0.769. The Labute approximate surface area is 59.5 Å². The van der Waals surface area contributed by atoms with Crippen LogP contribution < -0.4 is 5.32 Å². The Morgan fingerprint density at radius 3 is 3.00 bits per heavy atom. The van der Waals surface area contributed by atoms with Gasteiger partial charge in [-0.2, -0.15) is 0 Å². The molecule has 0 fully saturated rings. The summed E-state index contributed by atoms with van der Waals surface area (Å²) in [4.78, 5) is 10.4. The highest BCUT2D eigenvalue weighted by molar-refractivity contribution is 5.86. The summed E-state index contributed by atoms with van der Waals surface area (Å²) in [7, 11) is 0. The van der Waals surface area contributed by atoms with Gasteiger partial charge in [0, 0.05) is 0 Å². The van der Waals surface area contributed by atoms with Crippen LogP contribution in [0.25, 0.3) is 0 Å². The molecule has 0 saturated carbocycles. The van der Waals surface area contributed by atoms with E-state index in [1.54, 1.807) is 0 Å². The number of hydrogen-bond donors (Lipinski definition) is 2. The summed E-state index contributed by atoms with van der Waals surface area (Å²) in [6.45, 7) is 3.55. The molecule has 0 aromatic rings. The average Bonchev–Trinajstić information content (AvgIpc) is 1.98. The van der Waals surface area contributed by atoms with Crippen molar-refractivity contribution in [2.45, 2.75) is 0 Å². The van der Waals surface area contributed by atoms with Gasteiger partial charge in [-0.25, -0.2) is 0 Å². The lowest BCUT2D eigenvalue weighted by molar-refractivity contribution is -0.118. The summed E-state index contributed by atoms with van der Waals surface area (Å²) in [5.74, 6) is -0.280. The molecule has 0 heterocycles. The first-order chi connectivity index (χ1) is 4.81. The van der Waals surface area contributed by atoms with E-state index in [4.69, 9.17) is 9.84 Å². The van der Waals surface area contributed by atoms with Gasteiger partial charge in [-0.15, -0.1) is 0 Å². The molecule has 4 heteroatoms. The van der Waals surface area contributed by atoms with Crippen molar-refractivity contribution in [3.8, 4) is 0 Å². The first kappa shape index (κ1) is 9.13. The zero-order valence-electron chi connectivity index (χ0n) is 5.67. The number of carbonyl (C=O) groups excluding carboxylic acids is 1. The molecule has 4 nitrogen and oxygen atoms in total. The lowest BCUT2D eigenvalue weighted by atomic mass is 10.6. The fourth-order valence-electron chi connectivity index (χ4n) is 0.331. The van der Waals surface area contributed by atoms with E-state index >= 15 is 0 Å². The maximum absolute atomic E-state index is 10.4. The summed E-state index contributed by atoms with van der Waals surface area (Å²) in [6.07, 6.45) is 1.16. The molecule has 58 valence electrons. The first-order valence-electron chi connectivity index (χ1n) is 2.90. The van der Waals surface area contributed by atoms with Crippen molar-refractivity contribution in [1.29, 1.82) is 0 Å². The van der Waals surface area contributed by atoms with Gasteiger partial charge in [0.05, 0.1) is 13.2 Å². The molecule has 0 atom stereocenters. The Bertz CT molecular complexity index is 114. The van der Waals surface area contributed by atoms with Crippen LogP contribution in [0.5, 0.6) is 0 Å². The van der Waals surface area contributed by atoms with Crippen molar-refractivity contribution in [3.63, 3.8) is 0 Å². The van der Waals surface area contributed by atoms with Gasteiger partial charge in [0.25, 0.3) is 0 Å². The molecular weight excluding hydrogens is 134 g/mol. The van der Waals surface area contributed by atoms with Gasteiger partial charge in [-0.05, 0) is 6.08 Å². The van der Waals surface area contributed by atoms with E-state index in [1.807, 2.05) is 0 Å². The maximum atomic E-state index is 10.4. The normalized spacial score (nSPS) is 8.90. The fraction of sp³-hybridized carbons (Fsp3) is 0.500. The molecule has 0 radical (unpaired) electrons. The molecule has 0 rings (SSSR count). The molecule has 1 amide bonds. The molecule has 0 unspecified atom stereocenters. The summed E-state index contributed by atoms with van der Waals surface area (Å²) in [6, 6.07) is 0. The maximum Gasteiger partial charge on any atom is 0.245 e. The highest BCUT2D eigenvalue weighted by Gasteiger charge is 1.90. The molecule has 2 N–H and O–H groups in total. The smallest absolute Gasteiger partial charge is 0.245 e. The molecule has 0 bridgehead atoms. The van der Waals surface area contributed by atoms with E-state index in [0.29, 0.717) is 0 Å². The van der Waals surface area contributed by atoms with Gasteiger partial charge in [0.1, 0.15) is 6.73 Å². The molecule has 0 aromatic heterocycles. The van der Waals surface area contributed by atoms with Gasteiger partial charge in [-0.1, -0.05) is 6.58 Å². The highest BCUT2D eigenvalue weighted by atomic mass is 16.5. The number of nitrogens with one attached hydrogen (secondary N) is 1. The van der Waals surface area contributed by atoms with Crippen LogP contribution in [0.4, 0.5) is 0 Å². The molecule has 0 aliphatic carbocycles. The third-order valence-electron chi connectivity index (χ3n) is 0.769. The van der Waals surface area contributed by atoms with Gasteiger partial charge < -0.3 is 15.2 Å². The Hall–Kier alpha value is -0.870. The van der Waals surface area contributed by atoms with Crippen LogP contribution in [0.2, 0.25) is 0 Å². The number of carbonyl (C=O) groups is 1. The average molecular weight is 145 g/mol. The van der Waals surface area contributed by atoms with Crippen molar-refractivity contribution in [2.24, 2.45) is 0 Å². The Morgan fingerprint density at radius 2 is 2.50 bits per heavy atom. The lowest BCUT2D eigenvalue weighted by Crippen LogP contribution is -2.24. The van der Waals surface area contributed by atoms with Crippen LogP contribution in [-0.2, 0) is 9.53 Å². The minimum absolute atomic E-state index is 0.0377. The fourth-order valence-corrected chi connectivity index (χ4v) is 0.331. The van der Waals surface area contributed by atoms with Gasteiger partial charge in [0.15, 0.2) is 0 Å². The van der Waals surface area contributed by atoms with Gasteiger partial charge >= 0.3 is 0 Å². The first-order valence-corrected chi connectivity index (χ1v) is 2.90. The van der Waals surface area contributed by atoms with E-state index in [2.05, 4.69) is 11.9 Å². The van der Waals surface area contributed by atoms with Gasteiger partial charge in [0.2, 0.25) is 5.91 Å². The molecule has 0 spiro atoms. The van der Waals surface area contributed by atoms with E-state index in [9.17, 15) is 4.79 Å². The second-order valence-corrected chi connectivity index (χ2v) is 1.52. The largest absolute Gasteiger partial charge is 0.394 e. The Morgan fingerprint density at radius 1 is 1.80 bits per heavy atom. The van der Waals surface area contributed by atoms with Crippen LogP contribution in [0.3, 0.4) is 0 Å². The number of rotatable bonds is 5. The second kappa shape index (κ2) is 6.25. The quantitative estimate of drug-likeness (QED) is 0.304. The van der Waals surface area contributed by atoms with Crippen LogP contribution in [0, 0.1) is 0 Å². The van der Waals surface area contributed by atoms with Crippen LogP contribution in [0.1, 0.15) is 0 Å². The number of aliphatic hydroxyl groups is 1. The van der Waals surface area contributed by atoms with E-state index in [1.165, 1.54) is 0 Å². The Balaban J connectivity index is 3.03. The van der Waals surface area contributed by atoms with Crippen molar-refractivity contribution in [3.05, 3.63) is 12.7 Å². The zero-order valence-corrected chi connectivity index (χ0v) is 5.67. The SMILES string of the molecule is C=CC(=O)NCOCCO. The number of aliphatic hydroxyl groups excluding tert-OH is 1.